The van der Waals surface area contributed by atoms with Crippen LogP contribution in [0.15, 0.2) is 30.3 Å². The number of nitrogens with one attached hydrogen (secondary N) is 1. The van der Waals surface area contributed by atoms with E-state index >= 15 is 0 Å². The van der Waals surface area contributed by atoms with Gasteiger partial charge in [0.2, 0.25) is 0 Å². The summed E-state index contributed by atoms with van der Waals surface area (Å²) in [5.74, 6) is 0.335. The van der Waals surface area contributed by atoms with Crippen LogP contribution in [0, 0.1) is 0 Å². The van der Waals surface area contributed by atoms with Crippen LogP contribution in [0.2, 0.25) is 0 Å². The largest absolute Gasteiger partial charge is 0.490 e. The molecule has 1 aromatic carbocycles. The zero-order valence-corrected chi connectivity index (χ0v) is 13.4. The lowest BCUT2D eigenvalue weighted by Gasteiger charge is -2.24. The predicted molar refractivity (Wildman–Crippen MR) is 88.5 cm³/mol. The fraction of sp³-hybridized carbons (Fsp3) is 0.333. The van der Waals surface area contributed by atoms with Crippen LogP contribution in [0.5, 0.6) is 5.75 Å². The third-order valence-electron chi connectivity index (χ3n) is 4.40. The second-order valence-electron chi connectivity index (χ2n) is 5.96. The first-order valence-electron chi connectivity index (χ1n) is 7.91. The van der Waals surface area contributed by atoms with Gasteiger partial charge in [0.1, 0.15) is 18.4 Å². The van der Waals surface area contributed by atoms with Crippen LogP contribution in [-0.4, -0.2) is 24.3 Å². The third-order valence-corrected chi connectivity index (χ3v) is 5.64. The van der Waals surface area contributed by atoms with E-state index < -0.39 is 6.04 Å². The third kappa shape index (κ3) is 2.65. The lowest BCUT2D eigenvalue weighted by molar-refractivity contribution is 0.0797. The van der Waals surface area contributed by atoms with E-state index in [1.165, 1.54) is 23.3 Å². The summed E-state index contributed by atoms with van der Waals surface area (Å²) in [6.07, 6.45) is 4.50. The minimum atomic E-state index is -0.614. The van der Waals surface area contributed by atoms with E-state index in [4.69, 9.17) is 4.74 Å². The van der Waals surface area contributed by atoms with Gasteiger partial charge in [-0.1, -0.05) is 12.1 Å². The lowest BCUT2D eigenvalue weighted by Crippen LogP contribution is -2.47. The van der Waals surface area contributed by atoms with Gasteiger partial charge in [0, 0.05) is 4.88 Å². The van der Waals surface area contributed by atoms with Crippen molar-refractivity contribution >= 4 is 23.0 Å². The van der Waals surface area contributed by atoms with Crippen molar-refractivity contribution in [3.8, 4) is 5.75 Å². The topological polar surface area (TPSA) is 55.4 Å². The van der Waals surface area contributed by atoms with E-state index in [0.717, 1.165) is 12.8 Å². The Morgan fingerprint density at radius 1 is 1.22 bits per heavy atom. The number of thiophene rings is 1. The van der Waals surface area contributed by atoms with Crippen molar-refractivity contribution in [1.82, 2.24) is 5.32 Å². The Labute approximate surface area is 138 Å². The minimum Gasteiger partial charge on any atom is -0.490 e. The van der Waals surface area contributed by atoms with E-state index in [0.29, 0.717) is 16.2 Å². The lowest BCUT2D eigenvalue weighted by atomic mass is 9.99. The van der Waals surface area contributed by atoms with Crippen molar-refractivity contribution in [3.05, 3.63) is 51.2 Å². The highest BCUT2D eigenvalue weighted by Gasteiger charge is 2.30. The molecule has 4 rings (SSSR count). The smallest absolute Gasteiger partial charge is 0.262 e. The van der Waals surface area contributed by atoms with Crippen LogP contribution in [-0.2, 0) is 12.8 Å². The van der Waals surface area contributed by atoms with Gasteiger partial charge < -0.3 is 10.1 Å². The monoisotopic (exact) mass is 327 g/mol. The van der Waals surface area contributed by atoms with Crippen molar-refractivity contribution < 1.29 is 14.3 Å². The number of benzene rings is 1. The highest BCUT2D eigenvalue weighted by Crippen LogP contribution is 2.30. The van der Waals surface area contributed by atoms with Crippen molar-refractivity contribution in [2.24, 2.45) is 0 Å². The number of carbonyl (C=O) groups is 2. The summed E-state index contributed by atoms with van der Waals surface area (Å²) in [7, 11) is 0. The molecular formula is C18H17NO3S. The average Bonchev–Trinajstić information content (AvgIpc) is 3.02. The normalized spacial score (nSPS) is 19.5. The maximum Gasteiger partial charge on any atom is 0.262 e. The predicted octanol–water partition coefficient (Wildman–Crippen LogP) is 3.00. The molecule has 1 amide bonds. The van der Waals surface area contributed by atoms with E-state index in [1.54, 1.807) is 29.5 Å². The van der Waals surface area contributed by atoms with Gasteiger partial charge in [-0.25, -0.2) is 0 Å². The molecule has 0 radical (unpaired) electrons. The molecule has 1 atom stereocenters. The maximum atomic E-state index is 12.5. The Balaban J connectivity index is 1.51. The summed E-state index contributed by atoms with van der Waals surface area (Å²) in [6.45, 7) is 0.187. The van der Waals surface area contributed by atoms with Crippen LogP contribution >= 0.6 is 11.3 Å². The summed E-state index contributed by atoms with van der Waals surface area (Å²) in [4.78, 5) is 27.0. The van der Waals surface area contributed by atoms with Crippen molar-refractivity contribution in [2.45, 2.75) is 31.7 Å². The van der Waals surface area contributed by atoms with Gasteiger partial charge in [-0.15, -0.1) is 11.3 Å². The Morgan fingerprint density at radius 3 is 2.91 bits per heavy atom. The van der Waals surface area contributed by atoms with Gasteiger partial charge in [-0.3, -0.25) is 9.59 Å². The molecule has 5 heteroatoms. The molecule has 2 heterocycles. The molecule has 2 aromatic rings. The van der Waals surface area contributed by atoms with Crippen LogP contribution in [0.3, 0.4) is 0 Å². The molecule has 2 aliphatic rings. The molecule has 1 aliphatic heterocycles. The molecule has 0 saturated carbocycles. The first-order chi connectivity index (χ1) is 11.2. The van der Waals surface area contributed by atoms with E-state index in [9.17, 15) is 9.59 Å². The summed E-state index contributed by atoms with van der Waals surface area (Å²) in [5.41, 5.74) is 1.83. The first-order valence-corrected chi connectivity index (χ1v) is 8.72. The molecular weight excluding hydrogens is 310 g/mol. The highest BCUT2D eigenvalue weighted by atomic mass is 32.1. The fourth-order valence-electron chi connectivity index (χ4n) is 3.17. The number of aryl methyl sites for hydroxylation is 2. The number of para-hydroxylation sites is 1. The Kier molecular flexibility index (Phi) is 3.65. The maximum absolute atomic E-state index is 12.5. The zero-order valence-electron chi connectivity index (χ0n) is 12.6. The van der Waals surface area contributed by atoms with Gasteiger partial charge >= 0.3 is 0 Å². The number of fused-ring (bicyclic) bond motifs is 2. The average molecular weight is 327 g/mol. The van der Waals surface area contributed by atoms with Gasteiger partial charge in [0.05, 0.1) is 10.4 Å². The molecule has 23 heavy (non-hydrogen) atoms. The highest BCUT2D eigenvalue weighted by molar-refractivity contribution is 7.14. The van der Waals surface area contributed by atoms with Gasteiger partial charge in [0.15, 0.2) is 5.78 Å². The molecule has 1 N–H and O–H groups in total. The quantitative estimate of drug-likeness (QED) is 0.922. The van der Waals surface area contributed by atoms with Crippen molar-refractivity contribution in [2.75, 3.05) is 6.61 Å². The Morgan fingerprint density at radius 2 is 2.04 bits per heavy atom. The molecule has 1 aliphatic carbocycles. The van der Waals surface area contributed by atoms with Crippen molar-refractivity contribution in [3.63, 3.8) is 0 Å². The molecule has 1 aromatic heterocycles. The minimum absolute atomic E-state index is 0.0819. The van der Waals surface area contributed by atoms with Crippen LogP contribution in [0.1, 0.15) is 43.3 Å². The summed E-state index contributed by atoms with van der Waals surface area (Å²) >= 11 is 1.55. The molecule has 0 fully saturated rings. The first kappa shape index (κ1) is 14.5. The number of carbonyl (C=O) groups excluding carboxylic acids is 2. The molecule has 0 saturated heterocycles. The molecule has 0 bridgehead atoms. The Hall–Kier alpha value is -2.14. The number of rotatable bonds is 2. The second-order valence-corrected chi connectivity index (χ2v) is 7.10. The standard InChI is InChI=1S/C18H17NO3S/c20-17-12-6-2-3-7-14(12)22-10-13(17)19-18(21)16-9-11-5-1-4-8-15(11)23-16/h2-3,6-7,9,13H,1,4-5,8,10H2,(H,19,21). The Bertz CT molecular complexity index is 757. The van der Waals surface area contributed by atoms with Crippen LogP contribution in [0.4, 0.5) is 0 Å². The van der Waals surface area contributed by atoms with E-state index in [1.807, 2.05) is 12.1 Å². The number of Topliss-reactive ketones (excluding diaryl/α,β-unsaturated/α-hetero) is 1. The van der Waals surface area contributed by atoms with Gasteiger partial charge in [-0.05, 0) is 49.4 Å². The van der Waals surface area contributed by atoms with Crippen LogP contribution < -0.4 is 10.1 Å². The molecule has 0 spiro atoms. The zero-order chi connectivity index (χ0) is 15.8. The fourth-order valence-corrected chi connectivity index (χ4v) is 4.33. The molecule has 4 nitrogen and oxygen atoms in total. The summed E-state index contributed by atoms with van der Waals surface area (Å²) in [5, 5.41) is 2.83. The molecule has 118 valence electrons. The molecule has 1 unspecified atom stereocenters. The number of ether oxygens (including phenoxy) is 1. The van der Waals surface area contributed by atoms with Crippen LogP contribution in [0.25, 0.3) is 0 Å². The number of amides is 1. The SMILES string of the molecule is O=C(NC1COc2ccccc2C1=O)c1cc2c(s1)CCCC2. The van der Waals surface area contributed by atoms with Gasteiger partial charge in [-0.2, -0.15) is 0 Å². The number of ketones is 1. The van der Waals surface area contributed by atoms with Crippen molar-refractivity contribution in [1.29, 1.82) is 0 Å². The van der Waals surface area contributed by atoms with E-state index in [-0.39, 0.29) is 18.3 Å². The van der Waals surface area contributed by atoms with Gasteiger partial charge in [0.25, 0.3) is 5.91 Å². The van der Waals surface area contributed by atoms with E-state index in [2.05, 4.69) is 5.32 Å². The number of hydrogen-bond donors (Lipinski definition) is 1. The second kappa shape index (κ2) is 5.81. The summed E-state index contributed by atoms with van der Waals surface area (Å²) in [6, 6.07) is 8.52. The summed E-state index contributed by atoms with van der Waals surface area (Å²) < 4.78 is 5.59. The number of hydrogen-bond acceptors (Lipinski definition) is 4.